The number of rotatable bonds is 2. The first-order valence-electron chi connectivity index (χ1n) is 8.83. The van der Waals surface area contributed by atoms with Crippen molar-refractivity contribution in [1.82, 2.24) is 5.32 Å². The van der Waals surface area contributed by atoms with Crippen molar-refractivity contribution in [2.75, 3.05) is 0 Å². The van der Waals surface area contributed by atoms with Gasteiger partial charge in [-0.05, 0) is 47.5 Å². The van der Waals surface area contributed by atoms with Crippen LogP contribution in [-0.4, -0.2) is 22.0 Å². The van der Waals surface area contributed by atoms with Crippen LogP contribution in [0.5, 0.6) is 11.5 Å². The number of fused-ring (bicyclic) bond motifs is 1. The molecule has 1 heterocycles. The lowest BCUT2D eigenvalue weighted by atomic mass is 9.78. The first-order valence-corrected chi connectivity index (χ1v) is 8.83. The Labute approximate surface area is 163 Å². The molecule has 0 aromatic heterocycles. The minimum atomic E-state index is -0.300. The second-order valence-electron chi connectivity index (χ2n) is 7.05. The van der Waals surface area contributed by atoms with Gasteiger partial charge in [0.2, 0.25) is 0 Å². The second kappa shape index (κ2) is 7.56. The molecular weight excluding hydrogens is 354 g/mol. The fourth-order valence-corrected chi connectivity index (χ4v) is 3.04. The zero-order valence-corrected chi connectivity index (χ0v) is 15.6. The average Bonchev–Trinajstić information content (AvgIpc) is 2.97. The molecule has 0 fully saturated rings. The number of hydrogen-bond donors (Lipinski definition) is 3. The van der Waals surface area contributed by atoms with Crippen molar-refractivity contribution >= 4 is 11.8 Å². The number of nitrogens with one attached hydrogen (secondary N) is 1. The Balaban J connectivity index is 0.000000176. The molecule has 3 aromatic carbocycles. The Morgan fingerprint density at radius 1 is 0.643 bits per heavy atom. The van der Waals surface area contributed by atoms with Crippen molar-refractivity contribution in [2.24, 2.45) is 0 Å². The van der Waals surface area contributed by atoms with Crippen molar-refractivity contribution in [3.05, 3.63) is 95.1 Å². The number of benzene rings is 3. The largest absolute Gasteiger partial charge is 0.508 e. The highest BCUT2D eigenvalue weighted by Gasteiger charge is 2.25. The summed E-state index contributed by atoms with van der Waals surface area (Å²) in [4.78, 5) is 21.9. The fourth-order valence-electron chi connectivity index (χ4n) is 3.04. The van der Waals surface area contributed by atoms with E-state index < -0.39 is 0 Å². The summed E-state index contributed by atoms with van der Waals surface area (Å²) in [6.07, 6.45) is 0. The van der Waals surface area contributed by atoms with E-state index in [1.807, 2.05) is 24.3 Å². The van der Waals surface area contributed by atoms with Crippen molar-refractivity contribution in [2.45, 2.75) is 19.3 Å². The maximum Gasteiger partial charge on any atom is 0.258 e. The molecule has 0 saturated heterocycles. The summed E-state index contributed by atoms with van der Waals surface area (Å²) in [5.74, 6) is -0.0540. The summed E-state index contributed by atoms with van der Waals surface area (Å²) in [5, 5.41) is 20.8. The van der Waals surface area contributed by atoms with Crippen LogP contribution < -0.4 is 5.32 Å². The van der Waals surface area contributed by atoms with Crippen LogP contribution in [0.2, 0.25) is 0 Å². The summed E-state index contributed by atoms with van der Waals surface area (Å²) in [5.41, 5.74) is 3.04. The molecule has 5 nitrogen and oxygen atoms in total. The van der Waals surface area contributed by atoms with Gasteiger partial charge >= 0.3 is 0 Å². The number of carbonyl (C=O) groups is 2. The van der Waals surface area contributed by atoms with Crippen LogP contribution >= 0.6 is 0 Å². The Kier molecular flexibility index (Phi) is 5.18. The molecule has 2 amide bonds. The standard InChI is InChI=1S/C15H16O2.C8H5NO2/c1-15(2,11-3-7-13(16)8-4-11)12-5-9-14(17)10-6-12;10-7-5-3-1-2-4-6(5)8(11)9-7/h3-10,16-17H,1-2H3;1-4H,(H,9,10,11). The van der Waals surface area contributed by atoms with Gasteiger partial charge in [-0.25, -0.2) is 0 Å². The molecule has 1 aliphatic rings. The van der Waals surface area contributed by atoms with Crippen molar-refractivity contribution in [1.29, 1.82) is 0 Å². The van der Waals surface area contributed by atoms with E-state index in [0.717, 1.165) is 11.1 Å². The molecule has 5 heteroatoms. The number of phenols is 2. The maximum atomic E-state index is 10.9. The molecule has 142 valence electrons. The number of carbonyl (C=O) groups excluding carboxylic acids is 2. The minimum Gasteiger partial charge on any atom is -0.508 e. The normalized spacial score (nSPS) is 12.6. The Bertz CT molecular complexity index is 925. The third-order valence-electron chi connectivity index (χ3n) is 4.82. The molecule has 0 saturated carbocycles. The van der Waals surface area contributed by atoms with Gasteiger partial charge < -0.3 is 10.2 Å². The van der Waals surface area contributed by atoms with Crippen molar-refractivity contribution in [3.8, 4) is 11.5 Å². The van der Waals surface area contributed by atoms with Crippen LogP contribution in [0.1, 0.15) is 45.7 Å². The Hall–Kier alpha value is -3.60. The highest BCUT2D eigenvalue weighted by molar-refractivity contribution is 6.21. The van der Waals surface area contributed by atoms with Crippen LogP contribution in [0, 0.1) is 0 Å². The first kappa shape index (κ1) is 19.2. The first-order chi connectivity index (χ1) is 13.3. The molecule has 1 aliphatic heterocycles. The van der Waals surface area contributed by atoms with Crippen molar-refractivity contribution < 1.29 is 19.8 Å². The van der Waals surface area contributed by atoms with Gasteiger partial charge in [0.15, 0.2) is 0 Å². The van der Waals surface area contributed by atoms with Gasteiger partial charge in [-0.2, -0.15) is 0 Å². The topological polar surface area (TPSA) is 86.6 Å². The molecule has 0 spiro atoms. The number of imide groups is 1. The molecule has 0 bridgehead atoms. The highest BCUT2D eigenvalue weighted by Crippen LogP contribution is 2.32. The average molecular weight is 375 g/mol. The molecule has 0 aliphatic carbocycles. The van der Waals surface area contributed by atoms with Gasteiger partial charge in [0.1, 0.15) is 11.5 Å². The van der Waals surface area contributed by atoms with E-state index in [1.54, 1.807) is 48.5 Å². The van der Waals surface area contributed by atoms with Crippen LogP contribution in [0.3, 0.4) is 0 Å². The Morgan fingerprint density at radius 3 is 1.36 bits per heavy atom. The third-order valence-corrected chi connectivity index (χ3v) is 4.82. The van der Waals surface area contributed by atoms with Crippen molar-refractivity contribution in [3.63, 3.8) is 0 Å². The number of hydrogen-bond acceptors (Lipinski definition) is 4. The van der Waals surface area contributed by atoms with E-state index in [4.69, 9.17) is 0 Å². The second-order valence-corrected chi connectivity index (χ2v) is 7.05. The minimum absolute atomic E-state index is 0.151. The van der Waals surface area contributed by atoms with Gasteiger partial charge in [-0.1, -0.05) is 50.2 Å². The van der Waals surface area contributed by atoms with E-state index >= 15 is 0 Å². The predicted molar refractivity (Wildman–Crippen MR) is 107 cm³/mol. The molecule has 3 N–H and O–H groups in total. The van der Waals surface area contributed by atoms with Gasteiger partial charge in [0.25, 0.3) is 11.8 Å². The smallest absolute Gasteiger partial charge is 0.258 e. The third kappa shape index (κ3) is 3.88. The fraction of sp³-hybridized carbons (Fsp3) is 0.130. The summed E-state index contributed by atoms with van der Waals surface area (Å²) in [6, 6.07) is 21.2. The number of aromatic hydroxyl groups is 2. The van der Waals surface area contributed by atoms with E-state index in [2.05, 4.69) is 19.2 Å². The van der Waals surface area contributed by atoms with E-state index in [-0.39, 0.29) is 28.7 Å². The van der Waals surface area contributed by atoms with Crippen LogP contribution in [0.25, 0.3) is 0 Å². The van der Waals surface area contributed by atoms with E-state index in [0.29, 0.717) is 11.1 Å². The maximum absolute atomic E-state index is 10.9. The summed E-state index contributed by atoms with van der Waals surface area (Å²) in [7, 11) is 0. The van der Waals surface area contributed by atoms with Gasteiger partial charge in [0, 0.05) is 5.41 Å². The molecular formula is C23H21NO4. The molecule has 3 aromatic rings. The SMILES string of the molecule is CC(C)(c1ccc(O)cc1)c1ccc(O)cc1.O=C1NC(=O)c2ccccc21. The molecule has 0 atom stereocenters. The van der Waals surface area contributed by atoms with E-state index in [9.17, 15) is 19.8 Å². The summed E-state index contributed by atoms with van der Waals surface area (Å²) >= 11 is 0. The lowest BCUT2D eigenvalue weighted by Gasteiger charge is -2.26. The summed E-state index contributed by atoms with van der Waals surface area (Å²) in [6.45, 7) is 4.23. The van der Waals surface area contributed by atoms with Crippen LogP contribution in [-0.2, 0) is 5.41 Å². The zero-order valence-electron chi connectivity index (χ0n) is 15.6. The lowest BCUT2D eigenvalue weighted by molar-refractivity contribution is 0.0879. The summed E-state index contributed by atoms with van der Waals surface area (Å²) < 4.78 is 0. The number of amides is 2. The zero-order chi connectivity index (χ0) is 20.3. The lowest BCUT2D eigenvalue weighted by Crippen LogP contribution is -2.19. The molecule has 4 rings (SSSR count). The highest BCUT2D eigenvalue weighted by atomic mass is 16.3. The van der Waals surface area contributed by atoms with Gasteiger partial charge in [0.05, 0.1) is 11.1 Å². The predicted octanol–water partition coefficient (Wildman–Crippen LogP) is 3.99. The number of phenolic OH excluding ortho intramolecular Hbond substituents is 2. The van der Waals surface area contributed by atoms with Gasteiger partial charge in [-0.15, -0.1) is 0 Å². The molecule has 0 unspecified atom stereocenters. The van der Waals surface area contributed by atoms with E-state index in [1.165, 1.54) is 0 Å². The quantitative estimate of drug-likeness (QED) is 0.591. The van der Waals surface area contributed by atoms with Crippen LogP contribution in [0.15, 0.2) is 72.8 Å². The monoisotopic (exact) mass is 375 g/mol. The molecule has 28 heavy (non-hydrogen) atoms. The van der Waals surface area contributed by atoms with Crippen LogP contribution in [0.4, 0.5) is 0 Å². The Morgan fingerprint density at radius 2 is 1.00 bits per heavy atom. The molecule has 0 radical (unpaired) electrons. The van der Waals surface area contributed by atoms with Gasteiger partial charge in [-0.3, -0.25) is 14.9 Å².